The van der Waals surface area contributed by atoms with Crippen molar-refractivity contribution in [3.63, 3.8) is 0 Å². The molecule has 0 fully saturated rings. The van der Waals surface area contributed by atoms with Crippen LogP contribution in [0.3, 0.4) is 0 Å². The Kier molecular flexibility index (Phi) is 7.02. The molecule has 0 unspecified atom stereocenters. The molecule has 0 spiro atoms. The van der Waals surface area contributed by atoms with Crippen molar-refractivity contribution in [2.24, 2.45) is 0 Å². The van der Waals surface area contributed by atoms with Crippen molar-refractivity contribution in [2.45, 2.75) is 65.7 Å². The van der Waals surface area contributed by atoms with E-state index < -0.39 is 0 Å². The minimum Gasteiger partial charge on any atom is -0.0925 e. The fraction of sp³-hybridized carbons (Fsp3) is 0.579. The summed E-state index contributed by atoms with van der Waals surface area (Å²) in [7, 11) is 0. The van der Waals surface area contributed by atoms with Crippen molar-refractivity contribution in [3.8, 4) is 0 Å². The maximum atomic E-state index is 3.50. The lowest BCUT2D eigenvalue weighted by Gasteiger charge is -2.21. The predicted octanol–water partition coefficient (Wildman–Crippen LogP) is 6.86. The average Bonchev–Trinajstić information content (AvgIpc) is 2.37. The first kappa shape index (κ1) is 17.5. The molecule has 20 heavy (non-hydrogen) atoms. The maximum absolute atomic E-state index is 3.50. The van der Waals surface area contributed by atoms with Crippen LogP contribution in [0.5, 0.6) is 0 Å². The number of benzene rings is 1. The molecule has 1 aromatic carbocycles. The van der Waals surface area contributed by atoms with Gasteiger partial charge in [-0.05, 0) is 46.4 Å². The van der Waals surface area contributed by atoms with Crippen LogP contribution in [0.15, 0.2) is 18.2 Å². The van der Waals surface area contributed by atoms with Gasteiger partial charge in [0.25, 0.3) is 0 Å². The Morgan fingerprint density at radius 2 is 1.40 bits per heavy atom. The summed E-state index contributed by atoms with van der Waals surface area (Å²) in [5, 5.41) is 1.03. The van der Waals surface area contributed by atoms with Crippen molar-refractivity contribution in [3.05, 3.63) is 40.5 Å². The van der Waals surface area contributed by atoms with E-state index in [9.17, 15) is 0 Å². The number of rotatable bonds is 6. The zero-order chi connectivity index (χ0) is 15.3. The molecule has 0 bridgehead atoms. The van der Waals surface area contributed by atoms with Gasteiger partial charge in [0, 0.05) is 5.33 Å². The summed E-state index contributed by atoms with van der Waals surface area (Å²) in [4.78, 5) is 0. The van der Waals surface area contributed by atoms with Crippen LogP contribution in [-0.4, -0.2) is 5.33 Å². The van der Waals surface area contributed by atoms with Crippen molar-refractivity contribution < 1.29 is 0 Å². The highest BCUT2D eigenvalue weighted by molar-refractivity contribution is 9.09. The third-order valence-corrected chi connectivity index (χ3v) is 4.20. The van der Waals surface area contributed by atoms with Gasteiger partial charge < -0.3 is 0 Å². The molecule has 0 aliphatic heterocycles. The number of hydrogen-bond donors (Lipinski definition) is 0. The third-order valence-electron chi connectivity index (χ3n) is 3.74. The Morgan fingerprint density at radius 3 is 1.75 bits per heavy atom. The third kappa shape index (κ3) is 4.48. The molecule has 0 nitrogen and oxygen atoms in total. The number of allylic oxidation sites excluding steroid dienone is 1. The largest absolute Gasteiger partial charge is 0.0925 e. The molecule has 1 rings (SSSR count). The summed E-state index contributed by atoms with van der Waals surface area (Å²) in [6.45, 7) is 13.8. The fourth-order valence-electron chi connectivity index (χ4n) is 2.47. The topological polar surface area (TPSA) is 0 Å². The van der Waals surface area contributed by atoms with Gasteiger partial charge in [-0.15, -0.1) is 0 Å². The molecule has 0 amide bonds. The Morgan fingerprint density at radius 1 is 0.900 bits per heavy atom. The maximum Gasteiger partial charge on any atom is 0.00660 e. The lowest BCUT2D eigenvalue weighted by molar-refractivity contribution is 0.801. The zero-order valence-electron chi connectivity index (χ0n) is 13.8. The fourth-order valence-corrected chi connectivity index (χ4v) is 2.73. The highest BCUT2D eigenvalue weighted by atomic mass is 79.9. The summed E-state index contributed by atoms with van der Waals surface area (Å²) in [6, 6.07) is 4.82. The highest BCUT2D eigenvalue weighted by Crippen LogP contribution is 2.33. The van der Waals surface area contributed by atoms with Crippen LogP contribution < -0.4 is 0 Å². The Balaban J connectivity index is 3.43. The molecule has 1 aromatic rings. The first-order chi connectivity index (χ1) is 9.38. The van der Waals surface area contributed by atoms with Crippen LogP contribution in [-0.2, 0) is 0 Å². The van der Waals surface area contributed by atoms with E-state index in [0.717, 1.165) is 11.8 Å². The van der Waals surface area contributed by atoms with E-state index in [1.165, 1.54) is 22.3 Å². The van der Waals surface area contributed by atoms with Gasteiger partial charge in [-0.25, -0.2) is 0 Å². The van der Waals surface area contributed by atoms with Crippen molar-refractivity contribution >= 4 is 22.0 Å². The lowest BCUT2D eigenvalue weighted by Crippen LogP contribution is -2.03. The van der Waals surface area contributed by atoms with Gasteiger partial charge in [-0.3, -0.25) is 0 Å². The van der Waals surface area contributed by atoms with E-state index in [4.69, 9.17) is 0 Å². The van der Waals surface area contributed by atoms with Gasteiger partial charge in [0.1, 0.15) is 0 Å². The molecular formula is C19H29Br. The second kappa shape index (κ2) is 8.02. The van der Waals surface area contributed by atoms with Crippen molar-refractivity contribution in [1.29, 1.82) is 0 Å². The second-order valence-electron chi connectivity index (χ2n) is 6.46. The van der Waals surface area contributed by atoms with Crippen LogP contribution in [0.25, 0.3) is 6.08 Å². The van der Waals surface area contributed by atoms with Crippen molar-refractivity contribution in [1.82, 2.24) is 0 Å². The molecular weight excluding hydrogens is 308 g/mol. The SMILES string of the molecule is CC(C)c1cc(C(C)C)c(C=CCCBr)c(C(C)C)c1. The molecule has 0 aromatic heterocycles. The molecule has 0 aliphatic rings. The van der Waals surface area contributed by atoms with E-state index >= 15 is 0 Å². The molecule has 0 saturated carbocycles. The quantitative estimate of drug-likeness (QED) is 0.498. The van der Waals surface area contributed by atoms with Gasteiger partial charge >= 0.3 is 0 Å². The van der Waals surface area contributed by atoms with Crippen molar-refractivity contribution in [2.75, 3.05) is 5.33 Å². The first-order valence-corrected chi connectivity index (χ1v) is 8.90. The monoisotopic (exact) mass is 336 g/mol. The van der Waals surface area contributed by atoms with E-state index in [0.29, 0.717) is 17.8 Å². The van der Waals surface area contributed by atoms with Crippen LogP contribution in [0.4, 0.5) is 0 Å². The Hall–Kier alpha value is -0.560. The van der Waals surface area contributed by atoms with Gasteiger partial charge in [-0.1, -0.05) is 81.8 Å². The summed E-state index contributed by atoms with van der Waals surface area (Å²) < 4.78 is 0. The second-order valence-corrected chi connectivity index (χ2v) is 7.25. The molecule has 0 heterocycles. The minimum absolute atomic E-state index is 0.565. The summed E-state index contributed by atoms with van der Waals surface area (Å²) in [5.74, 6) is 1.72. The predicted molar refractivity (Wildman–Crippen MR) is 96.2 cm³/mol. The molecule has 112 valence electrons. The average molecular weight is 337 g/mol. The van der Waals surface area contributed by atoms with Crippen LogP contribution in [0, 0.1) is 0 Å². The Bertz CT molecular complexity index is 424. The van der Waals surface area contributed by atoms with Gasteiger partial charge in [0.15, 0.2) is 0 Å². The van der Waals surface area contributed by atoms with Crippen LogP contribution in [0.1, 0.15) is 88.0 Å². The van der Waals surface area contributed by atoms with E-state index in [2.05, 4.69) is 81.8 Å². The molecule has 0 atom stereocenters. The van der Waals surface area contributed by atoms with E-state index in [1.54, 1.807) is 0 Å². The zero-order valence-corrected chi connectivity index (χ0v) is 15.4. The first-order valence-electron chi connectivity index (χ1n) is 7.78. The summed E-state index contributed by atoms with van der Waals surface area (Å²) in [5.41, 5.74) is 5.90. The molecule has 0 radical (unpaired) electrons. The van der Waals surface area contributed by atoms with Gasteiger partial charge in [0.2, 0.25) is 0 Å². The summed E-state index contributed by atoms with van der Waals surface area (Å²) >= 11 is 3.50. The standard InChI is InChI=1S/C19H29Br/c1-13(2)16-11-18(14(3)4)17(9-7-8-10-20)19(12-16)15(5)6/h7,9,11-15H,8,10H2,1-6H3. The van der Waals surface area contributed by atoms with Crippen LogP contribution in [0.2, 0.25) is 0 Å². The molecule has 0 saturated heterocycles. The van der Waals surface area contributed by atoms with Crippen LogP contribution >= 0.6 is 15.9 Å². The smallest absolute Gasteiger partial charge is 0.00660 e. The number of halogens is 1. The summed E-state index contributed by atoms with van der Waals surface area (Å²) in [6.07, 6.45) is 5.70. The number of hydrogen-bond acceptors (Lipinski definition) is 0. The minimum atomic E-state index is 0.565. The molecule has 1 heteroatoms. The lowest BCUT2D eigenvalue weighted by atomic mass is 9.84. The molecule has 0 N–H and O–H groups in total. The van der Waals surface area contributed by atoms with Gasteiger partial charge in [0.05, 0.1) is 0 Å². The normalized spacial score (nSPS) is 12.3. The molecule has 0 aliphatic carbocycles. The number of alkyl halides is 1. The highest BCUT2D eigenvalue weighted by Gasteiger charge is 2.15. The van der Waals surface area contributed by atoms with E-state index in [-0.39, 0.29) is 0 Å². The Labute approximate surface area is 133 Å². The van der Waals surface area contributed by atoms with Gasteiger partial charge in [-0.2, -0.15) is 0 Å². The van der Waals surface area contributed by atoms with E-state index in [1.807, 2.05) is 0 Å².